The Hall–Kier alpha value is -1.71. The lowest BCUT2D eigenvalue weighted by Gasteiger charge is -2.12. The van der Waals surface area contributed by atoms with Gasteiger partial charge in [-0.3, -0.25) is 4.40 Å². The molecule has 5 heteroatoms. The van der Waals surface area contributed by atoms with Crippen LogP contribution in [0.25, 0.3) is 16.9 Å². The van der Waals surface area contributed by atoms with Gasteiger partial charge in [0.1, 0.15) is 17.2 Å². The van der Waals surface area contributed by atoms with Crippen molar-refractivity contribution < 1.29 is 0 Å². The summed E-state index contributed by atoms with van der Waals surface area (Å²) in [6.07, 6.45) is 1.87. The number of fused-ring (bicyclic) bond motifs is 1. The Morgan fingerprint density at radius 1 is 1.00 bits per heavy atom. The molecule has 3 aromatic rings. The summed E-state index contributed by atoms with van der Waals surface area (Å²) in [5.41, 5.74) is 2.76. The smallest absolute Gasteiger partial charge is 0.139 e. The van der Waals surface area contributed by atoms with Gasteiger partial charge in [-0.2, -0.15) is 0 Å². The minimum Gasteiger partial charge on any atom is -0.367 e. The third kappa shape index (κ3) is 2.85. The first-order valence-corrected chi connectivity index (χ1v) is 7.50. The number of hydrogen-bond acceptors (Lipinski definition) is 2. The van der Waals surface area contributed by atoms with Crippen LogP contribution in [0.1, 0.15) is 13.8 Å². The van der Waals surface area contributed by atoms with Gasteiger partial charge in [0.2, 0.25) is 0 Å². The number of nitrogens with zero attached hydrogens (tertiary/aromatic N) is 2. The lowest BCUT2D eigenvalue weighted by atomic mass is 10.1. The number of halogens is 2. The summed E-state index contributed by atoms with van der Waals surface area (Å²) in [5.74, 6) is 0.935. The monoisotopic (exact) mass is 319 g/mol. The lowest BCUT2D eigenvalue weighted by molar-refractivity contribution is 0.885. The van der Waals surface area contributed by atoms with E-state index in [4.69, 9.17) is 28.2 Å². The van der Waals surface area contributed by atoms with E-state index in [9.17, 15) is 0 Å². The molecule has 0 atom stereocenters. The zero-order valence-electron chi connectivity index (χ0n) is 11.8. The van der Waals surface area contributed by atoms with Gasteiger partial charge in [-0.05, 0) is 38.1 Å². The maximum absolute atomic E-state index is 6.11. The zero-order chi connectivity index (χ0) is 15.0. The third-order valence-corrected chi connectivity index (χ3v) is 3.60. The van der Waals surface area contributed by atoms with Crippen LogP contribution in [0.5, 0.6) is 0 Å². The summed E-state index contributed by atoms with van der Waals surface area (Å²) >= 11 is 12.1. The Morgan fingerprint density at radius 2 is 1.67 bits per heavy atom. The number of nitrogens with one attached hydrogen (secondary N) is 1. The number of imidazole rings is 1. The SMILES string of the molecule is CC(C)Nc1c(-c2ccc(Cl)cc2)nc2ccc(Cl)cn12. The molecule has 0 aliphatic carbocycles. The van der Waals surface area contributed by atoms with E-state index in [0.29, 0.717) is 10.0 Å². The molecule has 0 radical (unpaired) electrons. The first-order valence-electron chi connectivity index (χ1n) is 6.74. The molecule has 0 aliphatic heterocycles. The average molecular weight is 320 g/mol. The van der Waals surface area contributed by atoms with Crippen LogP contribution in [-0.4, -0.2) is 15.4 Å². The van der Waals surface area contributed by atoms with Crippen molar-refractivity contribution >= 4 is 34.7 Å². The van der Waals surface area contributed by atoms with Crippen molar-refractivity contribution in [2.75, 3.05) is 5.32 Å². The van der Waals surface area contributed by atoms with Crippen LogP contribution in [-0.2, 0) is 0 Å². The van der Waals surface area contributed by atoms with E-state index in [-0.39, 0.29) is 6.04 Å². The fourth-order valence-electron chi connectivity index (χ4n) is 2.24. The second kappa shape index (κ2) is 5.58. The Bertz CT molecular complexity index is 776. The van der Waals surface area contributed by atoms with Crippen LogP contribution in [0.15, 0.2) is 42.6 Å². The van der Waals surface area contributed by atoms with E-state index >= 15 is 0 Å². The van der Waals surface area contributed by atoms with E-state index in [1.165, 1.54) is 0 Å². The van der Waals surface area contributed by atoms with Gasteiger partial charge in [-0.25, -0.2) is 4.98 Å². The summed E-state index contributed by atoms with van der Waals surface area (Å²) in [4.78, 5) is 4.71. The van der Waals surface area contributed by atoms with Gasteiger partial charge in [0.15, 0.2) is 0 Å². The molecule has 3 nitrogen and oxygen atoms in total. The lowest BCUT2D eigenvalue weighted by Crippen LogP contribution is -2.12. The van der Waals surface area contributed by atoms with Crippen LogP contribution in [0.2, 0.25) is 10.0 Å². The second-order valence-corrected chi connectivity index (χ2v) is 6.06. The molecule has 0 unspecified atom stereocenters. The van der Waals surface area contributed by atoms with Gasteiger partial charge in [0, 0.05) is 22.8 Å². The zero-order valence-corrected chi connectivity index (χ0v) is 13.3. The number of anilines is 1. The molecule has 0 amide bonds. The minimum atomic E-state index is 0.287. The van der Waals surface area contributed by atoms with Crippen molar-refractivity contribution in [1.82, 2.24) is 9.38 Å². The van der Waals surface area contributed by atoms with Crippen molar-refractivity contribution in [2.24, 2.45) is 0 Å². The minimum absolute atomic E-state index is 0.287. The quantitative estimate of drug-likeness (QED) is 0.725. The van der Waals surface area contributed by atoms with Gasteiger partial charge in [0.05, 0.1) is 5.02 Å². The molecule has 0 saturated carbocycles. The van der Waals surface area contributed by atoms with Crippen molar-refractivity contribution in [3.05, 3.63) is 52.6 Å². The Kier molecular flexibility index (Phi) is 3.79. The van der Waals surface area contributed by atoms with Crippen LogP contribution in [0.4, 0.5) is 5.82 Å². The maximum Gasteiger partial charge on any atom is 0.139 e. The molecular weight excluding hydrogens is 305 g/mol. The number of benzene rings is 1. The molecule has 1 N–H and O–H groups in total. The molecule has 0 spiro atoms. The Balaban J connectivity index is 2.22. The molecule has 108 valence electrons. The van der Waals surface area contributed by atoms with Gasteiger partial charge in [0.25, 0.3) is 0 Å². The van der Waals surface area contributed by atoms with Crippen LogP contribution >= 0.6 is 23.2 Å². The molecule has 0 saturated heterocycles. The first-order chi connectivity index (χ1) is 10.0. The summed E-state index contributed by atoms with van der Waals surface area (Å²) in [6, 6.07) is 11.7. The predicted molar refractivity (Wildman–Crippen MR) is 89.4 cm³/mol. The maximum atomic E-state index is 6.11. The Labute approximate surface area is 133 Å². The van der Waals surface area contributed by atoms with Gasteiger partial charge in [-0.1, -0.05) is 35.3 Å². The van der Waals surface area contributed by atoms with E-state index in [0.717, 1.165) is 22.7 Å². The van der Waals surface area contributed by atoms with Crippen LogP contribution in [0, 0.1) is 0 Å². The molecule has 21 heavy (non-hydrogen) atoms. The fourth-order valence-corrected chi connectivity index (χ4v) is 2.53. The van der Waals surface area contributed by atoms with E-state index in [2.05, 4.69) is 19.2 Å². The highest BCUT2D eigenvalue weighted by atomic mass is 35.5. The highest BCUT2D eigenvalue weighted by Gasteiger charge is 2.15. The van der Waals surface area contributed by atoms with Crippen molar-refractivity contribution in [3.8, 4) is 11.3 Å². The van der Waals surface area contributed by atoms with Gasteiger partial charge in [-0.15, -0.1) is 0 Å². The second-order valence-electron chi connectivity index (χ2n) is 5.19. The highest BCUT2D eigenvalue weighted by molar-refractivity contribution is 6.30. The summed E-state index contributed by atoms with van der Waals surface area (Å²) < 4.78 is 1.98. The normalized spacial score (nSPS) is 11.3. The standard InChI is InChI=1S/C16H15Cl2N3/c1-10(2)19-16-15(11-3-5-12(17)6-4-11)20-14-8-7-13(18)9-21(14)16/h3-10,19H,1-2H3. The molecule has 1 aromatic carbocycles. The van der Waals surface area contributed by atoms with Crippen molar-refractivity contribution in [2.45, 2.75) is 19.9 Å². The Morgan fingerprint density at radius 3 is 2.33 bits per heavy atom. The summed E-state index contributed by atoms with van der Waals surface area (Å²) in [5, 5.41) is 4.83. The topological polar surface area (TPSA) is 29.3 Å². The van der Waals surface area contributed by atoms with E-state index in [1.54, 1.807) is 0 Å². The molecule has 2 heterocycles. The highest BCUT2D eigenvalue weighted by Crippen LogP contribution is 2.30. The molecule has 0 fully saturated rings. The van der Waals surface area contributed by atoms with Gasteiger partial charge >= 0.3 is 0 Å². The van der Waals surface area contributed by atoms with E-state index in [1.807, 2.05) is 47.0 Å². The van der Waals surface area contributed by atoms with Crippen molar-refractivity contribution in [3.63, 3.8) is 0 Å². The largest absolute Gasteiger partial charge is 0.367 e. The number of aromatic nitrogens is 2. The number of rotatable bonds is 3. The summed E-state index contributed by atoms with van der Waals surface area (Å²) in [6.45, 7) is 4.19. The third-order valence-electron chi connectivity index (χ3n) is 3.13. The molecule has 3 rings (SSSR count). The number of pyridine rings is 1. The van der Waals surface area contributed by atoms with E-state index < -0.39 is 0 Å². The summed E-state index contributed by atoms with van der Waals surface area (Å²) in [7, 11) is 0. The first kappa shape index (κ1) is 14.2. The van der Waals surface area contributed by atoms with Crippen molar-refractivity contribution in [1.29, 1.82) is 0 Å². The van der Waals surface area contributed by atoms with Crippen LogP contribution < -0.4 is 5.32 Å². The fraction of sp³-hybridized carbons (Fsp3) is 0.188. The average Bonchev–Trinajstić information content (AvgIpc) is 2.77. The molecule has 2 aromatic heterocycles. The predicted octanol–water partition coefficient (Wildman–Crippen LogP) is 5.13. The number of hydrogen-bond donors (Lipinski definition) is 1. The molecule has 0 bridgehead atoms. The van der Waals surface area contributed by atoms with Crippen LogP contribution in [0.3, 0.4) is 0 Å². The molecule has 0 aliphatic rings. The van der Waals surface area contributed by atoms with Gasteiger partial charge < -0.3 is 5.32 Å². The molecular formula is C16H15Cl2N3.